The number of nitrogens with zero attached hydrogens (tertiary/aromatic N) is 3. The fraction of sp³-hybridized carbons (Fsp3) is 0.739. The van der Waals surface area contributed by atoms with Crippen LogP contribution in [0, 0.1) is 5.41 Å². The summed E-state index contributed by atoms with van der Waals surface area (Å²) in [6.45, 7) is 12.7. The van der Waals surface area contributed by atoms with Crippen molar-refractivity contribution in [2.75, 3.05) is 38.3 Å². The Kier molecular flexibility index (Phi) is 10.3. The van der Waals surface area contributed by atoms with E-state index in [0.717, 1.165) is 62.9 Å². The number of ether oxygens (including phenoxy) is 2. The Morgan fingerprint density at radius 2 is 2.10 bits per heavy atom. The SMILES string of the molecule is CCOC1CC(NC(=NC)NCc2ccc(N3CCOC(C)C3)nc2)C1(CC)CC.I. The van der Waals surface area contributed by atoms with Crippen LogP contribution in [0.25, 0.3) is 0 Å². The van der Waals surface area contributed by atoms with Crippen LogP contribution >= 0.6 is 24.0 Å². The summed E-state index contributed by atoms with van der Waals surface area (Å²) < 4.78 is 11.6. The van der Waals surface area contributed by atoms with E-state index in [1.165, 1.54) is 0 Å². The van der Waals surface area contributed by atoms with Gasteiger partial charge in [0.1, 0.15) is 5.82 Å². The van der Waals surface area contributed by atoms with E-state index in [4.69, 9.17) is 9.47 Å². The van der Waals surface area contributed by atoms with E-state index >= 15 is 0 Å². The molecule has 1 saturated heterocycles. The van der Waals surface area contributed by atoms with Crippen molar-refractivity contribution in [1.29, 1.82) is 0 Å². The number of aliphatic imine (C=N–C) groups is 1. The van der Waals surface area contributed by atoms with Gasteiger partial charge in [-0.2, -0.15) is 0 Å². The number of morpholine rings is 1. The molecule has 2 fully saturated rings. The number of anilines is 1. The summed E-state index contributed by atoms with van der Waals surface area (Å²) in [5.74, 6) is 1.86. The third-order valence-electron chi connectivity index (χ3n) is 6.84. The topological polar surface area (TPSA) is 71.0 Å². The summed E-state index contributed by atoms with van der Waals surface area (Å²) >= 11 is 0. The molecule has 2 aliphatic rings. The highest BCUT2D eigenvalue weighted by molar-refractivity contribution is 14.0. The van der Waals surface area contributed by atoms with Crippen LogP contribution in [-0.2, 0) is 16.0 Å². The van der Waals surface area contributed by atoms with Gasteiger partial charge in [-0.15, -0.1) is 24.0 Å². The van der Waals surface area contributed by atoms with Crippen LogP contribution < -0.4 is 15.5 Å². The zero-order valence-corrected chi connectivity index (χ0v) is 22.0. The molecule has 0 bridgehead atoms. The molecule has 0 aromatic carbocycles. The molecule has 2 N–H and O–H groups in total. The number of hydrogen-bond acceptors (Lipinski definition) is 5. The first kappa shape index (κ1) is 26.1. The fourth-order valence-corrected chi connectivity index (χ4v) is 4.86. The van der Waals surface area contributed by atoms with Crippen molar-refractivity contribution < 1.29 is 9.47 Å². The van der Waals surface area contributed by atoms with Crippen molar-refractivity contribution in [2.24, 2.45) is 10.4 Å². The number of nitrogens with one attached hydrogen (secondary N) is 2. The maximum atomic E-state index is 6.00. The van der Waals surface area contributed by atoms with Crippen LogP contribution in [0.1, 0.15) is 52.5 Å². The lowest BCUT2D eigenvalue weighted by atomic mass is 9.58. The number of rotatable bonds is 8. The molecule has 31 heavy (non-hydrogen) atoms. The molecule has 0 radical (unpaired) electrons. The van der Waals surface area contributed by atoms with Crippen LogP contribution in [0.4, 0.5) is 5.82 Å². The number of pyridine rings is 1. The number of guanidine groups is 1. The minimum Gasteiger partial charge on any atom is -0.378 e. The molecular formula is C23H40IN5O2. The zero-order valence-electron chi connectivity index (χ0n) is 19.7. The zero-order chi connectivity index (χ0) is 21.6. The second-order valence-corrected chi connectivity index (χ2v) is 8.39. The Morgan fingerprint density at radius 3 is 2.68 bits per heavy atom. The van der Waals surface area contributed by atoms with Gasteiger partial charge in [0.2, 0.25) is 0 Å². The van der Waals surface area contributed by atoms with Crippen LogP contribution in [-0.4, -0.2) is 62.5 Å². The van der Waals surface area contributed by atoms with Crippen LogP contribution in [0.3, 0.4) is 0 Å². The van der Waals surface area contributed by atoms with Crippen molar-refractivity contribution in [3.63, 3.8) is 0 Å². The number of aromatic nitrogens is 1. The molecule has 0 amide bonds. The predicted molar refractivity (Wildman–Crippen MR) is 137 cm³/mol. The Hall–Kier alpha value is -1.13. The van der Waals surface area contributed by atoms with E-state index in [1.54, 1.807) is 0 Å². The maximum absolute atomic E-state index is 6.00. The van der Waals surface area contributed by atoms with E-state index in [-0.39, 0.29) is 35.5 Å². The first-order valence-corrected chi connectivity index (χ1v) is 11.5. The smallest absolute Gasteiger partial charge is 0.191 e. The summed E-state index contributed by atoms with van der Waals surface area (Å²) in [7, 11) is 1.83. The molecule has 0 spiro atoms. The third kappa shape index (κ3) is 6.01. The van der Waals surface area contributed by atoms with Crippen LogP contribution in [0.5, 0.6) is 0 Å². The van der Waals surface area contributed by atoms with Crippen LogP contribution in [0.2, 0.25) is 0 Å². The Morgan fingerprint density at radius 1 is 1.32 bits per heavy atom. The van der Waals surface area contributed by atoms with Gasteiger partial charge in [-0.3, -0.25) is 4.99 Å². The van der Waals surface area contributed by atoms with Gasteiger partial charge in [0.25, 0.3) is 0 Å². The standard InChI is InChI=1S/C23H39N5O2.HI/c1-6-23(7-2)19(13-20(23)29-8-3)27-22(24-5)26-15-18-9-10-21(25-14-18)28-11-12-30-17(4)16-28;/h9-10,14,17,19-20H,6-8,11-13,15-16H2,1-5H3,(H2,24,26,27);1H. The average Bonchev–Trinajstić information content (AvgIpc) is 2.76. The highest BCUT2D eigenvalue weighted by Gasteiger charge is 2.53. The molecule has 176 valence electrons. The van der Waals surface area contributed by atoms with Gasteiger partial charge in [-0.25, -0.2) is 4.98 Å². The van der Waals surface area contributed by atoms with E-state index in [0.29, 0.717) is 18.7 Å². The van der Waals surface area contributed by atoms with Crippen molar-refractivity contribution in [3.05, 3.63) is 23.9 Å². The molecule has 1 aromatic heterocycles. The molecule has 3 unspecified atom stereocenters. The van der Waals surface area contributed by atoms with E-state index in [1.807, 2.05) is 13.2 Å². The monoisotopic (exact) mass is 545 g/mol. The van der Waals surface area contributed by atoms with Crippen molar-refractivity contribution in [3.8, 4) is 0 Å². The summed E-state index contributed by atoms with van der Waals surface area (Å²) in [5.41, 5.74) is 1.33. The summed E-state index contributed by atoms with van der Waals surface area (Å²) in [4.78, 5) is 11.4. The van der Waals surface area contributed by atoms with E-state index in [2.05, 4.69) is 65.3 Å². The highest BCUT2D eigenvalue weighted by atomic mass is 127. The second kappa shape index (κ2) is 12.2. The third-order valence-corrected chi connectivity index (χ3v) is 6.84. The Bertz CT molecular complexity index is 696. The minimum absolute atomic E-state index is 0. The molecule has 2 heterocycles. The summed E-state index contributed by atoms with van der Waals surface area (Å²) in [6.07, 6.45) is 5.79. The second-order valence-electron chi connectivity index (χ2n) is 8.39. The first-order valence-electron chi connectivity index (χ1n) is 11.5. The maximum Gasteiger partial charge on any atom is 0.191 e. The molecular weight excluding hydrogens is 505 g/mol. The van der Waals surface area contributed by atoms with Crippen molar-refractivity contribution in [1.82, 2.24) is 15.6 Å². The van der Waals surface area contributed by atoms with Crippen LogP contribution in [0.15, 0.2) is 23.3 Å². The van der Waals surface area contributed by atoms with Gasteiger partial charge in [0.15, 0.2) is 5.96 Å². The largest absolute Gasteiger partial charge is 0.378 e. The normalized spacial score (nSPS) is 25.4. The molecule has 8 heteroatoms. The molecule has 1 aliphatic heterocycles. The lowest BCUT2D eigenvalue weighted by Crippen LogP contribution is -2.65. The van der Waals surface area contributed by atoms with Crippen molar-refractivity contribution >= 4 is 35.8 Å². The van der Waals surface area contributed by atoms with Gasteiger partial charge in [0, 0.05) is 50.9 Å². The molecule has 1 aromatic rings. The molecule has 1 saturated carbocycles. The molecule has 1 aliphatic carbocycles. The predicted octanol–water partition coefficient (Wildman–Crippen LogP) is 3.57. The Labute approximate surface area is 204 Å². The minimum atomic E-state index is 0. The highest BCUT2D eigenvalue weighted by Crippen LogP contribution is 2.48. The van der Waals surface area contributed by atoms with E-state index in [9.17, 15) is 0 Å². The number of hydrogen-bond donors (Lipinski definition) is 2. The molecule has 7 nitrogen and oxygen atoms in total. The molecule has 3 rings (SSSR count). The Balaban J connectivity index is 0.00000341. The lowest BCUT2D eigenvalue weighted by Gasteiger charge is -2.55. The summed E-state index contributed by atoms with van der Waals surface area (Å²) in [6, 6.07) is 4.63. The lowest BCUT2D eigenvalue weighted by molar-refractivity contribution is -0.133. The molecule has 3 atom stereocenters. The van der Waals surface area contributed by atoms with E-state index < -0.39 is 0 Å². The van der Waals surface area contributed by atoms with Crippen molar-refractivity contribution in [2.45, 2.75) is 71.8 Å². The van der Waals surface area contributed by atoms with Gasteiger partial charge >= 0.3 is 0 Å². The quantitative estimate of drug-likeness (QED) is 0.296. The van der Waals surface area contributed by atoms with Gasteiger partial charge in [0.05, 0.1) is 18.8 Å². The fourth-order valence-electron chi connectivity index (χ4n) is 4.86. The first-order chi connectivity index (χ1) is 14.6. The van der Waals surface area contributed by atoms with Gasteiger partial charge in [-0.05, 0) is 44.7 Å². The number of halogens is 1. The van der Waals surface area contributed by atoms with Gasteiger partial charge < -0.3 is 25.0 Å². The average molecular weight is 546 g/mol. The summed E-state index contributed by atoms with van der Waals surface area (Å²) in [5, 5.41) is 7.09. The van der Waals surface area contributed by atoms with Gasteiger partial charge in [-0.1, -0.05) is 19.9 Å².